The van der Waals surface area contributed by atoms with Crippen molar-refractivity contribution in [3.05, 3.63) is 54.1 Å². The average Bonchev–Trinajstić information content (AvgIpc) is 3.20. The monoisotopic (exact) mass is 545 g/mol. The highest BCUT2D eigenvalue weighted by atomic mass is 32.2. The lowest BCUT2D eigenvalue weighted by atomic mass is 9.92. The van der Waals surface area contributed by atoms with Crippen LogP contribution >= 0.6 is 0 Å². The summed E-state index contributed by atoms with van der Waals surface area (Å²) in [5.74, 6) is -0.104. The summed E-state index contributed by atoms with van der Waals surface area (Å²) < 4.78 is 36.9. The fraction of sp³-hybridized carbons (Fsp3) is 0.567. The van der Waals surface area contributed by atoms with Gasteiger partial charge in [0.25, 0.3) is 0 Å². The van der Waals surface area contributed by atoms with Crippen LogP contribution in [0, 0.1) is 0 Å². The Hall–Kier alpha value is -2.58. The van der Waals surface area contributed by atoms with Crippen molar-refractivity contribution >= 4 is 15.8 Å². The maximum Gasteiger partial charge on any atom is 0.325 e. The Labute approximate surface area is 228 Å². The maximum atomic E-state index is 13.9. The first kappa shape index (κ1) is 30.0. The van der Waals surface area contributed by atoms with Crippen LogP contribution in [0.2, 0.25) is 0 Å². The number of likely N-dealkylation sites (tertiary alicyclic amines) is 1. The van der Waals surface area contributed by atoms with Gasteiger partial charge in [-0.15, -0.1) is 0 Å². The molecule has 2 aromatic rings. The molecule has 0 radical (unpaired) electrons. The van der Waals surface area contributed by atoms with Crippen molar-refractivity contribution in [1.29, 1.82) is 0 Å². The molecule has 0 spiro atoms. The Bertz CT molecular complexity index is 1090. The zero-order valence-electron chi connectivity index (χ0n) is 22.9. The van der Waals surface area contributed by atoms with Crippen LogP contribution in [-0.2, 0) is 21.1 Å². The first-order valence-electron chi connectivity index (χ1n) is 13.9. The lowest BCUT2D eigenvalue weighted by Gasteiger charge is -2.30. The highest BCUT2D eigenvalue weighted by Gasteiger charge is 2.51. The number of carboxylic acids is 1. The summed E-state index contributed by atoms with van der Waals surface area (Å²) in [5.41, 5.74) is 0.653. The Kier molecular flexibility index (Phi) is 11.5. The number of sulfone groups is 1. The van der Waals surface area contributed by atoms with Crippen LogP contribution in [-0.4, -0.2) is 62.5 Å². The molecule has 1 fully saturated rings. The molecule has 1 aliphatic heterocycles. The Morgan fingerprint density at radius 3 is 2.13 bits per heavy atom. The number of hydrogen-bond acceptors (Lipinski definition) is 6. The van der Waals surface area contributed by atoms with Gasteiger partial charge in [0.1, 0.15) is 18.1 Å². The van der Waals surface area contributed by atoms with Gasteiger partial charge < -0.3 is 14.6 Å². The number of methoxy groups -OCH3 is 1. The van der Waals surface area contributed by atoms with Gasteiger partial charge in [0.15, 0.2) is 14.6 Å². The predicted octanol–water partition coefficient (Wildman–Crippen LogP) is 5.76. The second-order valence-electron chi connectivity index (χ2n) is 10.2. The molecule has 0 aliphatic carbocycles. The fourth-order valence-electron chi connectivity index (χ4n) is 5.12. The quantitative estimate of drug-likeness (QED) is 0.284. The molecule has 0 amide bonds. The standard InChI is InChI=1S/C30H43NO6S/c1-3-4-5-8-19-30(29(32)33,38(34,35)28-17-15-26(36-2)16-18-28)24-25-11-13-27(14-12-25)37-23-22-31-20-9-6-7-10-21-31/h11-18H,3-10,19-24H2,1-2H3,(H,32,33). The van der Waals surface area contributed by atoms with Crippen molar-refractivity contribution < 1.29 is 27.8 Å². The summed E-state index contributed by atoms with van der Waals surface area (Å²) in [7, 11) is -2.70. The van der Waals surface area contributed by atoms with E-state index in [0.717, 1.165) is 38.9 Å². The van der Waals surface area contributed by atoms with Gasteiger partial charge in [-0.25, -0.2) is 8.42 Å². The molecule has 2 aromatic carbocycles. The Morgan fingerprint density at radius 2 is 1.55 bits per heavy atom. The number of benzene rings is 2. The minimum absolute atomic E-state index is 0.00958. The molecule has 1 atom stereocenters. The number of carbonyl (C=O) groups is 1. The van der Waals surface area contributed by atoms with Crippen molar-refractivity contribution in [3.63, 3.8) is 0 Å². The van der Waals surface area contributed by atoms with Gasteiger partial charge in [-0.2, -0.15) is 0 Å². The van der Waals surface area contributed by atoms with Gasteiger partial charge in [0.05, 0.1) is 12.0 Å². The van der Waals surface area contributed by atoms with Gasteiger partial charge >= 0.3 is 5.97 Å². The second kappa shape index (κ2) is 14.5. The van der Waals surface area contributed by atoms with E-state index in [4.69, 9.17) is 9.47 Å². The first-order valence-corrected chi connectivity index (χ1v) is 15.4. The third-order valence-corrected chi connectivity index (χ3v) is 9.94. The number of carboxylic acid groups (broad SMARTS) is 1. The summed E-state index contributed by atoms with van der Waals surface area (Å²) in [5, 5.41) is 10.4. The van der Waals surface area contributed by atoms with E-state index in [9.17, 15) is 18.3 Å². The zero-order chi connectivity index (χ0) is 27.4. The van der Waals surface area contributed by atoms with E-state index in [1.165, 1.54) is 44.9 Å². The molecule has 0 aromatic heterocycles. The Morgan fingerprint density at radius 1 is 0.921 bits per heavy atom. The topological polar surface area (TPSA) is 93.1 Å². The summed E-state index contributed by atoms with van der Waals surface area (Å²) in [6.07, 6.45) is 8.21. The molecule has 1 N–H and O–H groups in total. The van der Waals surface area contributed by atoms with Crippen LogP contribution in [0.3, 0.4) is 0 Å². The summed E-state index contributed by atoms with van der Waals surface area (Å²) in [4.78, 5) is 15.2. The average molecular weight is 546 g/mol. The molecule has 0 bridgehead atoms. The van der Waals surface area contributed by atoms with Crippen molar-refractivity contribution in [3.8, 4) is 11.5 Å². The third kappa shape index (κ3) is 7.73. The van der Waals surface area contributed by atoms with Crippen molar-refractivity contribution in [2.45, 2.75) is 80.8 Å². The molecular formula is C30H43NO6S. The molecule has 1 unspecified atom stereocenters. The number of hydrogen-bond donors (Lipinski definition) is 1. The first-order chi connectivity index (χ1) is 18.3. The molecule has 3 rings (SSSR count). The van der Waals surface area contributed by atoms with E-state index >= 15 is 0 Å². The number of rotatable bonds is 15. The number of unbranched alkanes of at least 4 members (excludes halogenated alkanes) is 3. The minimum Gasteiger partial charge on any atom is -0.497 e. The highest BCUT2D eigenvalue weighted by Crippen LogP contribution is 2.36. The lowest BCUT2D eigenvalue weighted by Crippen LogP contribution is -2.48. The molecule has 38 heavy (non-hydrogen) atoms. The lowest BCUT2D eigenvalue weighted by molar-refractivity contribution is -0.140. The van der Waals surface area contributed by atoms with E-state index in [0.29, 0.717) is 30.1 Å². The molecule has 8 heteroatoms. The smallest absolute Gasteiger partial charge is 0.325 e. The van der Waals surface area contributed by atoms with Crippen LogP contribution in [0.1, 0.15) is 70.3 Å². The van der Waals surface area contributed by atoms with Gasteiger partial charge in [-0.1, -0.05) is 57.6 Å². The number of aliphatic carboxylic acids is 1. The number of nitrogens with zero attached hydrogens (tertiary/aromatic N) is 1. The van der Waals surface area contributed by atoms with Gasteiger partial charge in [0.2, 0.25) is 0 Å². The zero-order valence-corrected chi connectivity index (χ0v) is 23.7. The SMILES string of the molecule is CCCCCCC(Cc1ccc(OCCN2CCCCCC2)cc1)(C(=O)O)S(=O)(=O)c1ccc(OC)cc1. The molecule has 1 aliphatic rings. The van der Waals surface area contributed by atoms with E-state index in [2.05, 4.69) is 11.8 Å². The summed E-state index contributed by atoms with van der Waals surface area (Å²) >= 11 is 0. The maximum absolute atomic E-state index is 13.9. The van der Waals surface area contributed by atoms with Gasteiger partial charge in [-0.3, -0.25) is 9.69 Å². The molecule has 0 saturated carbocycles. The molecule has 210 valence electrons. The van der Waals surface area contributed by atoms with Crippen molar-refractivity contribution in [2.75, 3.05) is 33.4 Å². The van der Waals surface area contributed by atoms with Crippen LogP contribution in [0.5, 0.6) is 11.5 Å². The van der Waals surface area contributed by atoms with Crippen LogP contribution < -0.4 is 9.47 Å². The van der Waals surface area contributed by atoms with Crippen LogP contribution in [0.15, 0.2) is 53.4 Å². The molecule has 1 saturated heterocycles. The van der Waals surface area contributed by atoms with Crippen molar-refractivity contribution in [2.24, 2.45) is 0 Å². The third-order valence-electron chi connectivity index (χ3n) is 7.50. The van der Waals surface area contributed by atoms with Crippen LogP contribution in [0.25, 0.3) is 0 Å². The number of ether oxygens (including phenoxy) is 2. The molecule has 1 heterocycles. The normalized spacial score (nSPS) is 16.4. The van der Waals surface area contributed by atoms with Crippen LogP contribution in [0.4, 0.5) is 0 Å². The van der Waals surface area contributed by atoms with E-state index in [-0.39, 0.29) is 17.7 Å². The fourth-order valence-corrected chi connectivity index (χ4v) is 7.06. The van der Waals surface area contributed by atoms with Crippen molar-refractivity contribution in [1.82, 2.24) is 4.90 Å². The van der Waals surface area contributed by atoms with E-state index in [1.807, 2.05) is 0 Å². The van der Waals surface area contributed by atoms with Gasteiger partial charge in [0, 0.05) is 13.0 Å². The van der Waals surface area contributed by atoms with E-state index in [1.54, 1.807) is 36.4 Å². The highest BCUT2D eigenvalue weighted by molar-refractivity contribution is 7.93. The molecule has 7 nitrogen and oxygen atoms in total. The molecular weight excluding hydrogens is 502 g/mol. The second-order valence-corrected chi connectivity index (χ2v) is 12.5. The summed E-state index contributed by atoms with van der Waals surface area (Å²) in [6, 6.07) is 13.1. The minimum atomic E-state index is -4.20. The van der Waals surface area contributed by atoms with Gasteiger partial charge in [-0.05, 0) is 74.3 Å². The largest absolute Gasteiger partial charge is 0.497 e. The Balaban J connectivity index is 1.78. The predicted molar refractivity (Wildman–Crippen MR) is 150 cm³/mol. The van der Waals surface area contributed by atoms with E-state index < -0.39 is 20.6 Å². The summed E-state index contributed by atoms with van der Waals surface area (Å²) in [6.45, 7) is 5.75.